The van der Waals surface area contributed by atoms with E-state index in [1.807, 2.05) is 0 Å². The van der Waals surface area contributed by atoms with E-state index in [0.29, 0.717) is 12.8 Å². The van der Waals surface area contributed by atoms with Crippen molar-refractivity contribution in [3.8, 4) is 0 Å². The quantitative estimate of drug-likeness (QED) is 0.0529. The largest absolute Gasteiger partial charge is 0.481 e. The second kappa shape index (κ2) is 31.2. The Hall–Kier alpha value is -1.32. The number of esters is 1. The fourth-order valence-electron chi connectivity index (χ4n) is 5.16. The van der Waals surface area contributed by atoms with Crippen molar-refractivity contribution in [1.29, 1.82) is 0 Å². The van der Waals surface area contributed by atoms with E-state index in [-0.39, 0.29) is 12.1 Å². The Bertz CT molecular complexity index is 557. The Morgan fingerprint density at radius 2 is 0.949 bits per heavy atom. The van der Waals surface area contributed by atoms with Crippen LogP contribution in [0.15, 0.2) is 12.2 Å². The van der Waals surface area contributed by atoms with Crippen molar-refractivity contribution in [2.45, 2.75) is 200 Å². The number of hydrogen-bond donors (Lipinski definition) is 1. The van der Waals surface area contributed by atoms with Crippen LogP contribution in [0.2, 0.25) is 0 Å². The molecule has 0 heterocycles. The summed E-state index contributed by atoms with van der Waals surface area (Å²) >= 11 is 0. The van der Waals surface area contributed by atoms with Gasteiger partial charge in [-0.1, -0.05) is 135 Å². The van der Waals surface area contributed by atoms with Crippen molar-refractivity contribution in [3.63, 3.8) is 0 Å². The molecule has 0 aliphatic carbocycles. The van der Waals surface area contributed by atoms with Crippen LogP contribution < -0.4 is 0 Å². The molecular weight excluding hydrogens is 484 g/mol. The summed E-state index contributed by atoms with van der Waals surface area (Å²) in [7, 11) is 0. The molecule has 0 aliphatic heterocycles. The first-order valence-corrected chi connectivity index (χ1v) is 17.2. The molecule has 0 aromatic carbocycles. The highest BCUT2D eigenvalue weighted by Gasteiger charge is 2.14. The molecule has 4 heteroatoms. The molecule has 0 fully saturated rings. The van der Waals surface area contributed by atoms with Crippen LogP contribution in [0.25, 0.3) is 0 Å². The van der Waals surface area contributed by atoms with Gasteiger partial charge in [0.1, 0.15) is 6.10 Å². The minimum absolute atomic E-state index is 0.0181. The zero-order valence-corrected chi connectivity index (χ0v) is 26.2. The smallest absolute Gasteiger partial charge is 0.306 e. The third kappa shape index (κ3) is 31.1. The summed E-state index contributed by atoms with van der Waals surface area (Å²) in [6, 6.07) is 0. The Kier molecular flexibility index (Phi) is 30.2. The fraction of sp³-hybridized carbons (Fsp3) is 0.886. The molecule has 0 bridgehead atoms. The number of aliphatic carboxylic acids is 1. The Labute approximate surface area is 243 Å². The van der Waals surface area contributed by atoms with Crippen molar-refractivity contribution in [3.05, 3.63) is 12.2 Å². The maximum absolute atomic E-state index is 12.5. The number of ether oxygens (including phenoxy) is 1. The number of hydrogen-bond acceptors (Lipinski definition) is 3. The average molecular weight is 551 g/mol. The van der Waals surface area contributed by atoms with Gasteiger partial charge in [0.25, 0.3) is 0 Å². The predicted molar refractivity (Wildman–Crippen MR) is 167 cm³/mol. The fourth-order valence-corrected chi connectivity index (χ4v) is 5.16. The van der Waals surface area contributed by atoms with Gasteiger partial charge >= 0.3 is 11.9 Å². The first kappa shape index (κ1) is 37.7. The van der Waals surface area contributed by atoms with Crippen molar-refractivity contribution in [2.75, 3.05) is 0 Å². The first-order valence-electron chi connectivity index (χ1n) is 17.2. The normalized spacial score (nSPS) is 12.3. The summed E-state index contributed by atoms with van der Waals surface area (Å²) in [5, 5.41) is 8.70. The lowest BCUT2D eigenvalue weighted by Gasteiger charge is -2.18. The maximum atomic E-state index is 12.5. The molecule has 0 saturated carbocycles. The molecule has 39 heavy (non-hydrogen) atoms. The number of rotatable bonds is 31. The van der Waals surface area contributed by atoms with Crippen molar-refractivity contribution >= 4 is 11.9 Å². The summed E-state index contributed by atoms with van der Waals surface area (Å²) in [5.74, 6) is -0.664. The Balaban J connectivity index is 3.98. The van der Waals surface area contributed by atoms with Crippen molar-refractivity contribution in [1.82, 2.24) is 0 Å². The number of unbranched alkanes of at least 4 members (excludes halogenated alkanes) is 20. The molecule has 1 unspecified atom stereocenters. The number of carboxylic acids is 1. The zero-order valence-electron chi connectivity index (χ0n) is 26.2. The van der Waals surface area contributed by atoms with Gasteiger partial charge in [0.05, 0.1) is 0 Å². The molecule has 0 spiro atoms. The highest BCUT2D eigenvalue weighted by Crippen LogP contribution is 2.19. The highest BCUT2D eigenvalue weighted by atomic mass is 16.5. The molecule has 1 atom stereocenters. The number of allylic oxidation sites excluding steroid dienone is 2. The van der Waals surface area contributed by atoms with Gasteiger partial charge in [-0.05, 0) is 57.8 Å². The second-order valence-corrected chi connectivity index (χ2v) is 11.7. The summed E-state index contributed by atoms with van der Waals surface area (Å²) in [6.45, 7) is 4.49. The minimum Gasteiger partial charge on any atom is -0.481 e. The number of carbonyl (C=O) groups excluding carboxylic acids is 1. The third-order valence-corrected chi connectivity index (χ3v) is 7.74. The van der Waals surface area contributed by atoms with Crippen LogP contribution in [0, 0.1) is 0 Å². The zero-order chi connectivity index (χ0) is 28.7. The predicted octanol–water partition coefficient (Wildman–Crippen LogP) is 11.5. The molecule has 0 aliphatic rings. The lowest BCUT2D eigenvalue weighted by molar-refractivity contribution is -0.150. The third-order valence-electron chi connectivity index (χ3n) is 7.74. The van der Waals surface area contributed by atoms with E-state index in [2.05, 4.69) is 26.0 Å². The molecule has 0 aromatic rings. The summed E-state index contributed by atoms with van der Waals surface area (Å²) in [6.07, 6.45) is 36.5. The van der Waals surface area contributed by atoms with Crippen LogP contribution in [-0.4, -0.2) is 23.1 Å². The van der Waals surface area contributed by atoms with E-state index >= 15 is 0 Å². The molecule has 0 rings (SSSR count). The van der Waals surface area contributed by atoms with E-state index in [4.69, 9.17) is 9.84 Å². The topological polar surface area (TPSA) is 63.6 Å². The molecule has 4 nitrogen and oxygen atoms in total. The van der Waals surface area contributed by atoms with E-state index < -0.39 is 5.97 Å². The summed E-state index contributed by atoms with van der Waals surface area (Å²) in [5.41, 5.74) is 0. The van der Waals surface area contributed by atoms with Gasteiger partial charge < -0.3 is 9.84 Å². The minimum atomic E-state index is -0.682. The molecule has 0 saturated heterocycles. The molecule has 0 aromatic heterocycles. The van der Waals surface area contributed by atoms with Crippen molar-refractivity contribution < 1.29 is 19.4 Å². The molecule has 0 amide bonds. The van der Waals surface area contributed by atoms with Gasteiger partial charge in [0.15, 0.2) is 0 Å². The molecular formula is C35H66O4. The van der Waals surface area contributed by atoms with E-state index in [0.717, 1.165) is 51.4 Å². The monoisotopic (exact) mass is 550 g/mol. The number of carboxylic acid groups (broad SMARTS) is 1. The van der Waals surface area contributed by atoms with Gasteiger partial charge in [0.2, 0.25) is 0 Å². The maximum Gasteiger partial charge on any atom is 0.306 e. The Morgan fingerprint density at radius 3 is 1.46 bits per heavy atom. The average Bonchev–Trinajstić information content (AvgIpc) is 2.91. The van der Waals surface area contributed by atoms with E-state index in [1.165, 1.54) is 116 Å². The standard InChI is InChI=1S/C35H66O4/c1-3-5-7-9-11-12-13-14-15-20-24-28-32-35(38)39-33(29-25-21-10-8-6-4-2)30-26-22-18-16-17-19-23-27-31-34(36)37/h9,11,33H,3-8,10,12-32H2,1-2H3,(H,36,37)/b11-9-. The lowest BCUT2D eigenvalue weighted by atomic mass is 10.0. The van der Waals surface area contributed by atoms with Crippen molar-refractivity contribution in [2.24, 2.45) is 0 Å². The first-order chi connectivity index (χ1) is 19.1. The van der Waals surface area contributed by atoms with Crippen LogP contribution in [0.3, 0.4) is 0 Å². The Morgan fingerprint density at radius 1 is 0.538 bits per heavy atom. The van der Waals surface area contributed by atoms with Crippen LogP contribution in [0.4, 0.5) is 0 Å². The molecule has 0 radical (unpaired) electrons. The summed E-state index contributed by atoms with van der Waals surface area (Å²) < 4.78 is 5.97. The second-order valence-electron chi connectivity index (χ2n) is 11.7. The van der Waals surface area contributed by atoms with Gasteiger partial charge in [-0.3, -0.25) is 9.59 Å². The van der Waals surface area contributed by atoms with Crippen LogP contribution in [0.1, 0.15) is 194 Å². The van der Waals surface area contributed by atoms with Gasteiger partial charge in [-0.25, -0.2) is 0 Å². The van der Waals surface area contributed by atoms with E-state index in [1.54, 1.807) is 0 Å². The molecule has 1 N–H and O–H groups in total. The van der Waals surface area contributed by atoms with Gasteiger partial charge in [0, 0.05) is 12.8 Å². The van der Waals surface area contributed by atoms with Crippen LogP contribution in [0.5, 0.6) is 0 Å². The summed E-state index contributed by atoms with van der Waals surface area (Å²) in [4.78, 5) is 23.1. The number of carbonyl (C=O) groups is 2. The van der Waals surface area contributed by atoms with Gasteiger partial charge in [-0.15, -0.1) is 0 Å². The van der Waals surface area contributed by atoms with Crippen LogP contribution in [-0.2, 0) is 14.3 Å². The van der Waals surface area contributed by atoms with Gasteiger partial charge in [-0.2, -0.15) is 0 Å². The SMILES string of the molecule is CCCC/C=C\CCCCCCCCC(=O)OC(CCCCCCCC)CCCCCCCCCCC(=O)O. The van der Waals surface area contributed by atoms with E-state index in [9.17, 15) is 9.59 Å². The highest BCUT2D eigenvalue weighted by molar-refractivity contribution is 5.69. The van der Waals surface area contributed by atoms with Crippen LogP contribution >= 0.6 is 0 Å². The molecule has 230 valence electrons. The lowest BCUT2D eigenvalue weighted by Crippen LogP contribution is -2.18.